The number of carbonyl (C=O) groups excluding carboxylic acids is 1. The number of halogens is 1. The second-order valence-corrected chi connectivity index (χ2v) is 7.88. The number of hydrogen-bond acceptors (Lipinski definition) is 5. The maximum atomic E-state index is 13.2. The summed E-state index contributed by atoms with van der Waals surface area (Å²) in [4.78, 5) is 13.0. The highest BCUT2D eigenvalue weighted by molar-refractivity contribution is 5.96. The molecule has 148 valence electrons. The van der Waals surface area contributed by atoms with E-state index in [2.05, 4.69) is 29.2 Å². The average Bonchev–Trinajstić information content (AvgIpc) is 2.94. The molecular formula is C22H21FN4O2. The lowest BCUT2D eigenvalue weighted by Crippen LogP contribution is -2.23. The lowest BCUT2D eigenvalue weighted by molar-refractivity contribution is 0.0941. The van der Waals surface area contributed by atoms with Gasteiger partial charge in [0.1, 0.15) is 17.3 Å². The van der Waals surface area contributed by atoms with Crippen LogP contribution in [0.25, 0.3) is 0 Å². The van der Waals surface area contributed by atoms with Crippen molar-refractivity contribution in [2.75, 3.05) is 7.11 Å². The third kappa shape index (κ3) is 3.81. The van der Waals surface area contributed by atoms with Gasteiger partial charge < -0.3 is 4.74 Å². The fourth-order valence-corrected chi connectivity index (χ4v) is 3.50. The Morgan fingerprint density at radius 3 is 2.41 bits per heavy atom. The number of nitrogens with zero attached hydrogens (tertiary/aromatic N) is 4. The largest absolute Gasteiger partial charge is 0.497 e. The smallest absolute Gasteiger partial charge is 0.278 e. The first-order chi connectivity index (χ1) is 13.9. The van der Waals surface area contributed by atoms with Crippen LogP contribution in [0.4, 0.5) is 15.8 Å². The minimum absolute atomic E-state index is 0.0366. The Morgan fingerprint density at radius 1 is 1.07 bits per heavy atom. The molecule has 29 heavy (non-hydrogen) atoms. The molecule has 1 aliphatic carbocycles. The first-order valence-corrected chi connectivity index (χ1v) is 9.33. The summed E-state index contributed by atoms with van der Waals surface area (Å²) < 4.78 is 19.8. The summed E-state index contributed by atoms with van der Waals surface area (Å²) in [5.74, 6) is 0.0538. The van der Waals surface area contributed by atoms with Crippen molar-refractivity contribution in [2.24, 2.45) is 15.6 Å². The highest BCUT2D eigenvalue weighted by atomic mass is 19.1. The highest BCUT2D eigenvalue weighted by Crippen LogP contribution is 2.41. The molecule has 4 rings (SSSR count). The fraction of sp³-hybridized carbons (Fsp3) is 0.273. The van der Waals surface area contributed by atoms with Crippen molar-refractivity contribution in [2.45, 2.75) is 26.7 Å². The van der Waals surface area contributed by atoms with Crippen molar-refractivity contribution in [1.82, 2.24) is 9.78 Å². The molecule has 0 N–H and O–H groups in total. The lowest BCUT2D eigenvalue weighted by atomic mass is 9.79. The molecule has 7 heteroatoms. The molecule has 1 heterocycles. The molecule has 0 unspecified atom stereocenters. The fourth-order valence-electron chi connectivity index (χ4n) is 3.50. The molecule has 0 saturated carbocycles. The normalized spacial score (nSPS) is 14.9. The summed E-state index contributed by atoms with van der Waals surface area (Å²) in [6, 6.07) is 12.7. The summed E-state index contributed by atoms with van der Waals surface area (Å²) in [6.45, 7) is 4.26. The summed E-state index contributed by atoms with van der Waals surface area (Å²) in [5, 5.41) is 13.3. The third-order valence-electron chi connectivity index (χ3n) is 4.94. The Morgan fingerprint density at radius 2 is 1.76 bits per heavy atom. The summed E-state index contributed by atoms with van der Waals surface area (Å²) in [5.41, 5.74) is 3.12. The second-order valence-electron chi connectivity index (χ2n) is 7.88. The Balaban J connectivity index is 1.71. The Bertz CT molecular complexity index is 1080. The zero-order valence-electron chi connectivity index (χ0n) is 16.5. The zero-order chi connectivity index (χ0) is 20.6. The molecule has 2 bridgehead atoms. The van der Waals surface area contributed by atoms with Gasteiger partial charge in [0.25, 0.3) is 5.91 Å². The van der Waals surface area contributed by atoms with Gasteiger partial charge in [-0.05, 0) is 66.8 Å². The molecular weight excluding hydrogens is 371 g/mol. The summed E-state index contributed by atoms with van der Waals surface area (Å²) in [7, 11) is 1.61. The van der Waals surface area contributed by atoms with Crippen LogP contribution in [-0.4, -0.2) is 22.8 Å². The molecule has 0 fully saturated rings. The molecule has 0 aliphatic heterocycles. The van der Waals surface area contributed by atoms with E-state index in [-0.39, 0.29) is 17.1 Å². The van der Waals surface area contributed by atoms with Crippen molar-refractivity contribution in [3.8, 4) is 5.75 Å². The molecule has 0 amide bonds. The van der Waals surface area contributed by atoms with Crippen molar-refractivity contribution < 1.29 is 13.9 Å². The number of hydrogen-bond donors (Lipinski definition) is 0. The Kier molecular flexibility index (Phi) is 4.74. The predicted molar refractivity (Wildman–Crippen MR) is 107 cm³/mol. The van der Waals surface area contributed by atoms with Crippen LogP contribution in [0, 0.1) is 11.2 Å². The van der Waals surface area contributed by atoms with Crippen LogP contribution in [-0.2, 0) is 12.8 Å². The lowest BCUT2D eigenvalue weighted by Gasteiger charge is -2.26. The van der Waals surface area contributed by atoms with Crippen LogP contribution in [0.1, 0.15) is 35.6 Å². The number of azo groups is 1. The van der Waals surface area contributed by atoms with E-state index >= 15 is 0 Å². The van der Waals surface area contributed by atoms with Crippen LogP contribution in [0.5, 0.6) is 5.75 Å². The van der Waals surface area contributed by atoms with E-state index in [9.17, 15) is 9.18 Å². The van der Waals surface area contributed by atoms with Gasteiger partial charge in [-0.3, -0.25) is 4.79 Å². The number of methoxy groups -OCH3 is 1. The van der Waals surface area contributed by atoms with Gasteiger partial charge in [0.15, 0.2) is 0 Å². The van der Waals surface area contributed by atoms with Gasteiger partial charge in [0, 0.05) is 5.56 Å². The van der Waals surface area contributed by atoms with E-state index in [1.165, 1.54) is 28.9 Å². The topological polar surface area (TPSA) is 68.8 Å². The van der Waals surface area contributed by atoms with Crippen molar-refractivity contribution >= 4 is 17.3 Å². The van der Waals surface area contributed by atoms with Crippen molar-refractivity contribution in [1.29, 1.82) is 0 Å². The minimum atomic E-state index is -0.387. The standard InChI is InChI=1S/C22H21FN4O2/c1-22(2)12-18-20(25-24-16-8-10-17(29-3)11-9-16)19(13-22)27(26-18)21(28)14-4-6-15(23)7-5-14/h4-11H,12-13H2,1-3H3. The molecule has 0 radical (unpaired) electrons. The van der Waals surface area contributed by atoms with Gasteiger partial charge in [-0.15, -0.1) is 5.11 Å². The highest BCUT2D eigenvalue weighted by Gasteiger charge is 2.35. The maximum absolute atomic E-state index is 13.2. The van der Waals surface area contributed by atoms with Crippen molar-refractivity contribution in [3.63, 3.8) is 0 Å². The van der Waals surface area contributed by atoms with Gasteiger partial charge in [0.05, 0.1) is 24.2 Å². The van der Waals surface area contributed by atoms with Crippen LogP contribution in [0.15, 0.2) is 58.8 Å². The number of rotatable bonds is 4. The Labute approximate surface area is 168 Å². The van der Waals surface area contributed by atoms with Gasteiger partial charge in [-0.1, -0.05) is 13.8 Å². The molecule has 3 aromatic rings. The van der Waals surface area contributed by atoms with Gasteiger partial charge in [-0.25, -0.2) is 4.39 Å². The zero-order valence-corrected chi connectivity index (χ0v) is 16.5. The minimum Gasteiger partial charge on any atom is -0.497 e. The molecule has 1 aromatic heterocycles. The average molecular weight is 392 g/mol. The summed E-state index contributed by atoms with van der Waals surface area (Å²) in [6.07, 6.45) is 1.34. The monoisotopic (exact) mass is 392 g/mol. The van der Waals surface area contributed by atoms with E-state index in [0.717, 1.165) is 17.1 Å². The van der Waals surface area contributed by atoms with E-state index in [4.69, 9.17) is 4.74 Å². The number of fused-ring (bicyclic) bond motifs is 2. The SMILES string of the molecule is COc1ccc(N=Nc2c3nn(C(=O)c4ccc(F)cc4)c2CC(C)(C)C3)cc1. The van der Waals surface area contributed by atoms with E-state index < -0.39 is 0 Å². The van der Waals surface area contributed by atoms with Crippen LogP contribution in [0.2, 0.25) is 0 Å². The van der Waals surface area contributed by atoms with Crippen LogP contribution < -0.4 is 4.74 Å². The quantitative estimate of drug-likeness (QED) is 0.569. The van der Waals surface area contributed by atoms with E-state index in [1.54, 1.807) is 7.11 Å². The van der Waals surface area contributed by atoms with E-state index in [0.29, 0.717) is 29.8 Å². The number of ether oxygens (including phenoxy) is 1. The molecule has 2 aromatic carbocycles. The second kappa shape index (κ2) is 7.24. The van der Waals surface area contributed by atoms with Gasteiger partial charge in [0.2, 0.25) is 0 Å². The maximum Gasteiger partial charge on any atom is 0.278 e. The first kappa shape index (κ1) is 19.0. The van der Waals surface area contributed by atoms with Gasteiger partial charge >= 0.3 is 0 Å². The molecule has 0 spiro atoms. The number of benzene rings is 2. The van der Waals surface area contributed by atoms with Gasteiger partial charge in [-0.2, -0.15) is 14.9 Å². The summed E-state index contributed by atoms with van der Waals surface area (Å²) >= 11 is 0. The number of aromatic nitrogens is 2. The third-order valence-corrected chi connectivity index (χ3v) is 4.94. The predicted octanol–water partition coefficient (Wildman–Crippen LogP) is 5.26. The van der Waals surface area contributed by atoms with Crippen LogP contribution >= 0.6 is 0 Å². The molecule has 1 aliphatic rings. The first-order valence-electron chi connectivity index (χ1n) is 9.33. The molecule has 0 saturated heterocycles. The molecule has 0 atom stereocenters. The van der Waals surface area contributed by atoms with E-state index in [1.807, 2.05) is 24.3 Å². The number of carbonyl (C=O) groups is 1. The Hall–Kier alpha value is -3.35. The van der Waals surface area contributed by atoms with Crippen molar-refractivity contribution in [3.05, 3.63) is 71.3 Å². The van der Waals surface area contributed by atoms with Crippen LogP contribution in [0.3, 0.4) is 0 Å². The molecule has 6 nitrogen and oxygen atoms in total.